The Morgan fingerprint density at radius 1 is 1.03 bits per heavy atom. The third-order valence-corrected chi connectivity index (χ3v) is 5.92. The molecule has 0 spiro atoms. The highest BCUT2D eigenvalue weighted by Gasteiger charge is 2.33. The first kappa shape index (κ1) is 32.7. The van der Waals surface area contributed by atoms with E-state index in [4.69, 9.17) is 5.73 Å². The summed E-state index contributed by atoms with van der Waals surface area (Å²) in [6.45, 7) is -0.0113. The molecule has 0 aromatic rings. The summed E-state index contributed by atoms with van der Waals surface area (Å²) < 4.78 is 0. The number of rotatable bonds is 7. The fourth-order valence-electron chi connectivity index (χ4n) is 3.58. The van der Waals surface area contributed by atoms with Gasteiger partial charge in [0, 0.05) is 13.0 Å². The van der Waals surface area contributed by atoms with Crippen molar-refractivity contribution < 1.29 is 44.1 Å². The predicted octanol–water partition coefficient (Wildman–Crippen LogP) is -5.56. The van der Waals surface area contributed by atoms with Crippen molar-refractivity contribution >= 4 is 35.4 Å². The lowest BCUT2D eigenvalue weighted by Gasteiger charge is -2.27. The summed E-state index contributed by atoms with van der Waals surface area (Å²) in [7, 11) is 1.42. The summed E-state index contributed by atoms with van der Waals surface area (Å²) in [5, 5.41) is 43.6. The maximum atomic E-state index is 13.0. The van der Waals surface area contributed by atoms with Gasteiger partial charge in [-0.05, 0) is 39.7 Å². The van der Waals surface area contributed by atoms with Crippen LogP contribution in [0.4, 0.5) is 0 Å². The fraction of sp³-hybridized carbons (Fsp3) is 0.727. The Hall–Kier alpha value is -3.34. The maximum absolute atomic E-state index is 13.0. The zero-order valence-electron chi connectivity index (χ0n) is 21.5. The number of amides is 6. The largest absolute Gasteiger partial charge is 0.394 e. The summed E-state index contributed by atoms with van der Waals surface area (Å²) in [6, 6.07) is -6.62. The van der Waals surface area contributed by atoms with Gasteiger partial charge in [-0.15, -0.1) is 0 Å². The lowest BCUT2D eigenvalue weighted by molar-refractivity contribution is -0.137. The summed E-state index contributed by atoms with van der Waals surface area (Å²) in [4.78, 5) is 75.0. The predicted molar refractivity (Wildman–Crippen MR) is 132 cm³/mol. The monoisotopic (exact) mass is 545 g/mol. The molecule has 0 aromatic carbocycles. The summed E-state index contributed by atoms with van der Waals surface area (Å²) >= 11 is 0. The van der Waals surface area contributed by atoms with Crippen molar-refractivity contribution in [2.45, 2.75) is 75.3 Å². The average Bonchev–Trinajstić information content (AvgIpc) is 2.86. The van der Waals surface area contributed by atoms with Crippen LogP contribution in [0.3, 0.4) is 0 Å². The first-order chi connectivity index (χ1) is 17.9. The minimum Gasteiger partial charge on any atom is -0.394 e. The number of aliphatic hydroxyl groups excluding tert-OH is 3. The van der Waals surface area contributed by atoms with Crippen molar-refractivity contribution in [2.75, 3.05) is 26.8 Å². The van der Waals surface area contributed by atoms with E-state index in [9.17, 15) is 44.1 Å². The fourth-order valence-corrected chi connectivity index (χ4v) is 3.58. The number of nitrogens with two attached hydrogens (primary N) is 1. The maximum Gasteiger partial charge on any atom is 0.245 e. The Labute approximate surface area is 219 Å². The zero-order chi connectivity index (χ0) is 28.8. The van der Waals surface area contributed by atoms with Gasteiger partial charge in [-0.1, -0.05) is 0 Å². The topological polar surface area (TPSA) is 261 Å². The van der Waals surface area contributed by atoms with Crippen molar-refractivity contribution in [3.05, 3.63) is 0 Å². The number of likely N-dealkylation sites (N-methyl/N-ethyl adjacent to an activating group) is 1. The minimum atomic E-state index is -1.62. The first-order valence-corrected chi connectivity index (χ1v) is 12.3. The number of primary amides is 1. The van der Waals surface area contributed by atoms with Gasteiger partial charge in [-0.2, -0.15) is 0 Å². The van der Waals surface area contributed by atoms with Crippen LogP contribution in [0.5, 0.6) is 0 Å². The molecule has 1 heterocycles. The van der Waals surface area contributed by atoms with E-state index in [0.717, 1.165) is 0 Å². The molecule has 16 heteroatoms. The molecule has 38 heavy (non-hydrogen) atoms. The van der Waals surface area contributed by atoms with E-state index in [2.05, 4.69) is 31.9 Å². The molecule has 6 unspecified atom stereocenters. The molecule has 1 aliphatic rings. The van der Waals surface area contributed by atoms with Crippen molar-refractivity contribution in [2.24, 2.45) is 5.73 Å². The second-order valence-corrected chi connectivity index (χ2v) is 8.90. The number of hydrogen-bond donors (Lipinski definition) is 10. The molecule has 0 bridgehead atoms. The van der Waals surface area contributed by atoms with Crippen molar-refractivity contribution in [3.63, 3.8) is 0 Å². The van der Waals surface area contributed by atoms with E-state index >= 15 is 0 Å². The lowest BCUT2D eigenvalue weighted by atomic mass is 10.1. The molecule has 1 aliphatic heterocycles. The van der Waals surface area contributed by atoms with Gasteiger partial charge < -0.3 is 53.0 Å². The molecule has 216 valence electrons. The van der Waals surface area contributed by atoms with E-state index in [1.54, 1.807) is 0 Å². The number of nitrogens with one attached hydrogen (secondary N) is 6. The lowest BCUT2D eigenvalue weighted by Crippen LogP contribution is -2.61. The van der Waals surface area contributed by atoms with E-state index in [-0.39, 0.29) is 25.8 Å². The molecular formula is C22H39N7O9. The molecule has 6 atom stereocenters. The summed E-state index contributed by atoms with van der Waals surface area (Å²) in [6.07, 6.45) is -0.872. The van der Waals surface area contributed by atoms with Gasteiger partial charge in [-0.25, -0.2) is 0 Å². The average molecular weight is 546 g/mol. The quantitative estimate of drug-likeness (QED) is 0.145. The van der Waals surface area contributed by atoms with Gasteiger partial charge in [0.1, 0.15) is 30.2 Å². The van der Waals surface area contributed by atoms with Crippen LogP contribution in [0.1, 0.15) is 39.0 Å². The van der Waals surface area contributed by atoms with Gasteiger partial charge in [0.2, 0.25) is 35.4 Å². The van der Waals surface area contributed by atoms with Crippen LogP contribution in [0, 0.1) is 0 Å². The van der Waals surface area contributed by atoms with Crippen molar-refractivity contribution in [1.29, 1.82) is 0 Å². The van der Waals surface area contributed by atoms with Crippen LogP contribution in [-0.4, -0.2) is 114 Å². The summed E-state index contributed by atoms with van der Waals surface area (Å²) in [5.41, 5.74) is 5.35. The van der Waals surface area contributed by atoms with Gasteiger partial charge in [-0.3, -0.25) is 28.8 Å². The highest BCUT2D eigenvalue weighted by Crippen LogP contribution is 2.05. The van der Waals surface area contributed by atoms with Gasteiger partial charge >= 0.3 is 0 Å². The van der Waals surface area contributed by atoms with Crippen molar-refractivity contribution in [3.8, 4) is 0 Å². The smallest absolute Gasteiger partial charge is 0.245 e. The first-order valence-electron chi connectivity index (χ1n) is 12.3. The molecule has 0 aliphatic carbocycles. The van der Waals surface area contributed by atoms with Gasteiger partial charge in [0.05, 0.1) is 19.3 Å². The third-order valence-electron chi connectivity index (χ3n) is 5.92. The Morgan fingerprint density at radius 2 is 1.71 bits per heavy atom. The van der Waals surface area contributed by atoms with Gasteiger partial charge in [0.25, 0.3) is 0 Å². The number of aliphatic hydroxyl groups is 3. The normalized spacial score (nSPS) is 26.3. The Bertz CT molecular complexity index is 851. The standard InChI is InChI=1S/C22H39N7O9/c1-11(32)17-22(38)28-15(10-31)21(37)26-12(18(23)34)5-3-4-8-25-16(33)7-6-13(19(35)29-17)27-20(36)14(9-30)24-2/h11-15,17,24,30-32H,3-10H2,1-2H3,(H2,23,34)(H,25,33)(H,26,37)(H,27,36)(H,28,38)(H,29,35). The second-order valence-electron chi connectivity index (χ2n) is 8.90. The van der Waals surface area contributed by atoms with Crippen molar-refractivity contribution in [1.82, 2.24) is 31.9 Å². The highest BCUT2D eigenvalue weighted by molar-refractivity contribution is 5.96. The molecule has 1 rings (SSSR count). The van der Waals surface area contributed by atoms with Crippen LogP contribution < -0.4 is 37.6 Å². The number of carbonyl (C=O) groups is 6. The van der Waals surface area contributed by atoms with Crippen LogP contribution in [-0.2, 0) is 28.8 Å². The second kappa shape index (κ2) is 16.5. The third kappa shape index (κ3) is 10.6. The molecule has 11 N–H and O–H groups in total. The molecule has 0 aromatic heterocycles. The SMILES string of the molecule is CNC(CO)C(=O)NC1CCC(=O)NCCCCC(C(N)=O)NC(=O)C(CO)NC(=O)C(C(C)O)NC1=O. The van der Waals surface area contributed by atoms with E-state index in [1.165, 1.54) is 14.0 Å². The molecular weight excluding hydrogens is 506 g/mol. The Morgan fingerprint density at radius 3 is 2.26 bits per heavy atom. The Kier molecular flexibility index (Phi) is 14.2. The molecule has 16 nitrogen and oxygen atoms in total. The van der Waals surface area contributed by atoms with Crippen LogP contribution >= 0.6 is 0 Å². The number of hydrogen-bond acceptors (Lipinski definition) is 10. The van der Waals surface area contributed by atoms with Crippen LogP contribution in [0.15, 0.2) is 0 Å². The zero-order valence-corrected chi connectivity index (χ0v) is 21.5. The molecule has 1 saturated heterocycles. The van der Waals surface area contributed by atoms with E-state index in [1.807, 2.05) is 0 Å². The minimum absolute atomic E-state index is 0.140. The Balaban J connectivity index is 3.22. The van der Waals surface area contributed by atoms with Crippen LogP contribution in [0.25, 0.3) is 0 Å². The van der Waals surface area contributed by atoms with E-state index < -0.39 is 85.0 Å². The summed E-state index contributed by atoms with van der Waals surface area (Å²) in [5.74, 6) is -4.87. The molecule has 6 amide bonds. The molecule has 0 saturated carbocycles. The van der Waals surface area contributed by atoms with Gasteiger partial charge in [0.15, 0.2) is 0 Å². The van der Waals surface area contributed by atoms with Crippen LogP contribution in [0.2, 0.25) is 0 Å². The van der Waals surface area contributed by atoms with E-state index in [0.29, 0.717) is 12.8 Å². The number of carbonyl (C=O) groups excluding carboxylic acids is 6. The highest BCUT2D eigenvalue weighted by atomic mass is 16.3. The molecule has 1 fully saturated rings. The molecule has 0 radical (unpaired) electrons.